The Morgan fingerprint density at radius 1 is 1.61 bits per heavy atom. The highest BCUT2D eigenvalue weighted by molar-refractivity contribution is 5.81. The van der Waals surface area contributed by atoms with E-state index in [9.17, 15) is 4.79 Å². The fourth-order valence-corrected chi connectivity index (χ4v) is 2.52. The molecule has 0 radical (unpaired) electrons. The topological polar surface area (TPSA) is 56.2 Å². The summed E-state index contributed by atoms with van der Waals surface area (Å²) in [7, 11) is 1.45. The highest BCUT2D eigenvalue weighted by atomic mass is 16.5. The van der Waals surface area contributed by atoms with Crippen molar-refractivity contribution in [2.24, 2.45) is 5.92 Å². The number of methoxy groups -OCH3 is 1. The van der Waals surface area contributed by atoms with Crippen LogP contribution in [0.4, 0.5) is 0 Å². The van der Waals surface area contributed by atoms with Crippen LogP contribution in [-0.2, 0) is 16.1 Å². The van der Waals surface area contributed by atoms with E-state index in [0.717, 1.165) is 12.8 Å². The summed E-state index contributed by atoms with van der Waals surface area (Å²) in [5.74, 6) is 0.183. The van der Waals surface area contributed by atoms with Gasteiger partial charge in [0.25, 0.3) is 0 Å². The standard InChI is InChI=1S/C13H21N3O2/c1-10(2)15-13(11-4-5-11,12(17)18-3)8-16-7-6-14-9-16/h6-7,9-11,15H,4-5,8H2,1-3H3. The predicted molar refractivity (Wildman–Crippen MR) is 68.0 cm³/mol. The van der Waals surface area contributed by atoms with Crippen LogP contribution >= 0.6 is 0 Å². The number of hydrogen-bond acceptors (Lipinski definition) is 4. The minimum absolute atomic E-state index is 0.174. The largest absolute Gasteiger partial charge is 0.468 e. The van der Waals surface area contributed by atoms with Crippen LogP contribution in [0.25, 0.3) is 0 Å². The molecule has 1 N–H and O–H groups in total. The number of carbonyl (C=O) groups excluding carboxylic acids is 1. The van der Waals surface area contributed by atoms with Gasteiger partial charge in [0.2, 0.25) is 0 Å². The molecule has 1 aromatic rings. The molecule has 1 heterocycles. The van der Waals surface area contributed by atoms with Crippen molar-refractivity contribution in [3.05, 3.63) is 18.7 Å². The molecule has 0 amide bonds. The molecule has 0 aliphatic heterocycles. The fraction of sp³-hybridized carbons (Fsp3) is 0.692. The first kappa shape index (κ1) is 13.1. The van der Waals surface area contributed by atoms with Gasteiger partial charge in [0, 0.05) is 18.4 Å². The monoisotopic (exact) mass is 251 g/mol. The van der Waals surface area contributed by atoms with E-state index >= 15 is 0 Å². The number of carbonyl (C=O) groups is 1. The van der Waals surface area contributed by atoms with Gasteiger partial charge in [0.1, 0.15) is 5.54 Å². The molecule has 0 saturated heterocycles. The lowest BCUT2D eigenvalue weighted by atomic mass is 9.91. The zero-order chi connectivity index (χ0) is 13.2. The molecule has 1 fully saturated rings. The number of aromatic nitrogens is 2. The Morgan fingerprint density at radius 3 is 2.78 bits per heavy atom. The first-order valence-electron chi connectivity index (χ1n) is 6.40. The van der Waals surface area contributed by atoms with Gasteiger partial charge >= 0.3 is 5.97 Å². The molecular formula is C13H21N3O2. The summed E-state index contributed by atoms with van der Waals surface area (Å²) >= 11 is 0. The maximum absolute atomic E-state index is 12.3. The lowest BCUT2D eigenvalue weighted by Crippen LogP contribution is -2.59. The molecule has 2 rings (SSSR count). The maximum Gasteiger partial charge on any atom is 0.328 e. The van der Waals surface area contributed by atoms with Gasteiger partial charge in [-0.05, 0) is 32.6 Å². The van der Waals surface area contributed by atoms with E-state index in [4.69, 9.17) is 4.74 Å². The number of hydrogen-bond donors (Lipinski definition) is 1. The third kappa shape index (κ3) is 2.56. The molecule has 0 spiro atoms. The number of esters is 1. The van der Waals surface area contributed by atoms with Gasteiger partial charge in [-0.1, -0.05) is 0 Å². The van der Waals surface area contributed by atoms with Gasteiger partial charge in [0.15, 0.2) is 0 Å². The van der Waals surface area contributed by atoms with Crippen LogP contribution in [0.15, 0.2) is 18.7 Å². The molecule has 5 nitrogen and oxygen atoms in total. The smallest absolute Gasteiger partial charge is 0.328 e. The summed E-state index contributed by atoms with van der Waals surface area (Å²) in [6.45, 7) is 4.67. The van der Waals surface area contributed by atoms with Crippen molar-refractivity contribution in [1.29, 1.82) is 0 Å². The predicted octanol–water partition coefficient (Wildman–Crippen LogP) is 1.20. The van der Waals surface area contributed by atoms with Crippen molar-refractivity contribution in [2.45, 2.75) is 44.8 Å². The second-order valence-corrected chi connectivity index (χ2v) is 5.27. The number of rotatable bonds is 6. The van der Waals surface area contributed by atoms with E-state index in [2.05, 4.69) is 10.3 Å². The lowest BCUT2D eigenvalue weighted by molar-refractivity contribution is -0.151. The first-order valence-corrected chi connectivity index (χ1v) is 6.40. The Hall–Kier alpha value is -1.36. The Kier molecular flexibility index (Phi) is 3.71. The van der Waals surface area contributed by atoms with Gasteiger partial charge in [-0.15, -0.1) is 0 Å². The van der Waals surface area contributed by atoms with Gasteiger partial charge < -0.3 is 9.30 Å². The van der Waals surface area contributed by atoms with E-state index < -0.39 is 5.54 Å². The van der Waals surface area contributed by atoms with Crippen LogP contribution in [0.2, 0.25) is 0 Å². The number of imidazole rings is 1. The zero-order valence-electron chi connectivity index (χ0n) is 11.2. The first-order chi connectivity index (χ1) is 8.58. The summed E-state index contributed by atoms with van der Waals surface area (Å²) in [6.07, 6.45) is 7.49. The van der Waals surface area contributed by atoms with Crippen molar-refractivity contribution in [3.8, 4) is 0 Å². The highest BCUT2D eigenvalue weighted by Crippen LogP contribution is 2.41. The molecular weight excluding hydrogens is 230 g/mol. The third-order valence-electron chi connectivity index (χ3n) is 3.36. The summed E-state index contributed by atoms with van der Waals surface area (Å²) in [4.78, 5) is 16.3. The normalized spacial score (nSPS) is 18.7. The van der Waals surface area contributed by atoms with Crippen LogP contribution in [-0.4, -0.2) is 34.2 Å². The van der Waals surface area contributed by atoms with E-state index in [-0.39, 0.29) is 12.0 Å². The Labute approximate surface area is 108 Å². The average molecular weight is 251 g/mol. The Bertz CT molecular complexity index is 398. The highest BCUT2D eigenvalue weighted by Gasteiger charge is 2.52. The second-order valence-electron chi connectivity index (χ2n) is 5.27. The van der Waals surface area contributed by atoms with Crippen LogP contribution in [0.5, 0.6) is 0 Å². The summed E-state index contributed by atoms with van der Waals surface area (Å²) < 4.78 is 6.97. The van der Waals surface area contributed by atoms with Crippen LogP contribution in [0, 0.1) is 5.92 Å². The number of nitrogens with one attached hydrogen (secondary N) is 1. The zero-order valence-corrected chi connectivity index (χ0v) is 11.2. The summed E-state index contributed by atoms with van der Waals surface area (Å²) in [5, 5.41) is 3.42. The molecule has 100 valence electrons. The van der Waals surface area contributed by atoms with Crippen LogP contribution < -0.4 is 5.32 Å². The van der Waals surface area contributed by atoms with Crippen molar-refractivity contribution in [1.82, 2.24) is 14.9 Å². The van der Waals surface area contributed by atoms with E-state index in [1.54, 1.807) is 12.5 Å². The van der Waals surface area contributed by atoms with E-state index in [0.29, 0.717) is 12.5 Å². The molecule has 1 atom stereocenters. The quantitative estimate of drug-likeness (QED) is 0.772. The van der Waals surface area contributed by atoms with Crippen LogP contribution in [0.3, 0.4) is 0 Å². The van der Waals surface area contributed by atoms with Crippen molar-refractivity contribution in [2.75, 3.05) is 7.11 Å². The average Bonchev–Trinajstić information content (AvgIpc) is 3.07. The van der Waals surface area contributed by atoms with Crippen molar-refractivity contribution in [3.63, 3.8) is 0 Å². The SMILES string of the molecule is COC(=O)C(Cn1ccnc1)(NC(C)C)C1CC1. The molecule has 1 aliphatic rings. The van der Waals surface area contributed by atoms with E-state index in [1.807, 2.05) is 24.6 Å². The van der Waals surface area contributed by atoms with Crippen molar-refractivity contribution >= 4 is 5.97 Å². The number of ether oxygens (including phenoxy) is 1. The second kappa shape index (κ2) is 5.10. The molecule has 5 heteroatoms. The molecule has 1 saturated carbocycles. The molecule has 1 aliphatic carbocycles. The van der Waals surface area contributed by atoms with Crippen LogP contribution in [0.1, 0.15) is 26.7 Å². The Morgan fingerprint density at radius 2 is 2.33 bits per heavy atom. The lowest BCUT2D eigenvalue weighted by Gasteiger charge is -2.34. The number of nitrogens with zero attached hydrogens (tertiary/aromatic N) is 2. The fourth-order valence-electron chi connectivity index (χ4n) is 2.52. The maximum atomic E-state index is 12.3. The molecule has 1 unspecified atom stereocenters. The minimum Gasteiger partial charge on any atom is -0.468 e. The molecule has 0 aromatic carbocycles. The van der Waals surface area contributed by atoms with E-state index in [1.165, 1.54) is 7.11 Å². The summed E-state index contributed by atoms with van der Waals surface area (Å²) in [6, 6.07) is 0.230. The molecule has 18 heavy (non-hydrogen) atoms. The van der Waals surface area contributed by atoms with Crippen molar-refractivity contribution < 1.29 is 9.53 Å². The molecule has 0 bridgehead atoms. The van der Waals surface area contributed by atoms with Gasteiger partial charge in [-0.3, -0.25) is 5.32 Å². The third-order valence-corrected chi connectivity index (χ3v) is 3.36. The Balaban J connectivity index is 2.26. The summed E-state index contributed by atoms with van der Waals surface area (Å²) in [5.41, 5.74) is -0.621. The van der Waals surface area contributed by atoms with Gasteiger partial charge in [0.05, 0.1) is 20.0 Å². The van der Waals surface area contributed by atoms with Gasteiger partial charge in [-0.25, -0.2) is 9.78 Å². The minimum atomic E-state index is -0.621. The molecule has 1 aromatic heterocycles. The van der Waals surface area contributed by atoms with Gasteiger partial charge in [-0.2, -0.15) is 0 Å².